The van der Waals surface area contributed by atoms with E-state index >= 15 is 0 Å². The number of hydrogen-bond acceptors (Lipinski definition) is 5. The van der Waals surface area contributed by atoms with Crippen LogP contribution in [-0.2, 0) is 19.2 Å². The molecule has 3 heterocycles. The first kappa shape index (κ1) is 22.5. The van der Waals surface area contributed by atoms with Crippen LogP contribution in [0.2, 0.25) is 0 Å². The molecule has 2 aromatic heterocycles. The molecule has 0 saturated carbocycles. The number of aromatic nitrogens is 4. The monoisotopic (exact) mass is 458 g/mol. The standard InChI is InChI=1S/C22H21F3N6O2/c1-13-11-30(12-16-10-27-20(31(13)16)21(2,33)22(23,24)25)19(32)18-8-17(28-29(18)3)15-6-4-14(9-26)5-7-15/h4-8,10,13,33H,11-12H2,1-3H3/t13-,21+/m0/s1. The number of imidazole rings is 1. The van der Waals surface area contributed by atoms with E-state index < -0.39 is 23.6 Å². The molecule has 1 aromatic carbocycles. The van der Waals surface area contributed by atoms with Gasteiger partial charge in [-0.1, -0.05) is 12.1 Å². The van der Waals surface area contributed by atoms with Crippen LogP contribution in [0.5, 0.6) is 0 Å². The molecule has 0 aliphatic carbocycles. The summed E-state index contributed by atoms with van der Waals surface area (Å²) < 4.78 is 42.9. The molecule has 0 bridgehead atoms. The number of carbonyl (C=O) groups excluding carboxylic acids is 1. The molecule has 33 heavy (non-hydrogen) atoms. The molecule has 0 fully saturated rings. The Morgan fingerprint density at radius 3 is 2.55 bits per heavy atom. The summed E-state index contributed by atoms with van der Waals surface area (Å²) in [5, 5.41) is 23.4. The number of amides is 1. The number of nitriles is 1. The molecule has 0 spiro atoms. The molecule has 1 aliphatic rings. The van der Waals surface area contributed by atoms with Gasteiger partial charge in [0, 0.05) is 19.2 Å². The fourth-order valence-corrected chi connectivity index (χ4v) is 3.99. The number of halogens is 3. The summed E-state index contributed by atoms with van der Waals surface area (Å²) in [4.78, 5) is 18.6. The smallest absolute Gasteiger partial charge is 0.374 e. The van der Waals surface area contributed by atoms with E-state index in [2.05, 4.69) is 10.1 Å². The largest absolute Gasteiger partial charge is 0.424 e. The number of nitrogens with zero attached hydrogens (tertiary/aromatic N) is 6. The van der Waals surface area contributed by atoms with Crippen molar-refractivity contribution in [2.45, 2.75) is 38.2 Å². The van der Waals surface area contributed by atoms with Crippen LogP contribution < -0.4 is 0 Å². The van der Waals surface area contributed by atoms with Gasteiger partial charge in [0.15, 0.2) is 5.82 Å². The van der Waals surface area contributed by atoms with Crippen LogP contribution in [0.1, 0.15) is 47.5 Å². The van der Waals surface area contributed by atoms with E-state index in [1.165, 1.54) is 20.3 Å². The number of rotatable bonds is 3. The van der Waals surface area contributed by atoms with E-state index in [0.717, 1.165) is 5.56 Å². The number of carbonyl (C=O) groups is 1. The van der Waals surface area contributed by atoms with Crippen molar-refractivity contribution in [1.29, 1.82) is 5.26 Å². The van der Waals surface area contributed by atoms with E-state index in [1.54, 1.807) is 44.3 Å². The Hall–Kier alpha value is -3.65. The predicted octanol–water partition coefficient (Wildman–Crippen LogP) is 3.14. The summed E-state index contributed by atoms with van der Waals surface area (Å²) in [6, 6.07) is 9.95. The molecule has 1 N–H and O–H groups in total. The number of aryl methyl sites for hydroxylation is 1. The third kappa shape index (κ3) is 3.76. The molecular weight excluding hydrogens is 437 g/mol. The summed E-state index contributed by atoms with van der Waals surface area (Å²) in [5.74, 6) is -0.818. The van der Waals surface area contributed by atoms with Crippen LogP contribution in [0.4, 0.5) is 13.2 Å². The third-order valence-electron chi connectivity index (χ3n) is 5.84. The van der Waals surface area contributed by atoms with Gasteiger partial charge in [-0.15, -0.1) is 0 Å². The van der Waals surface area contributed by atoms with Gasteiger partial charge in [-0.25, -0.2) is 4.98 Å². The maximum Gasteiger partial charge on any atom is 0.424 e. The van der Waals surface area contributed by atoms with Crippen LogP contribution in [0.25, 0.3) is 11.3 Å². The SMILES string of the molecule is C[C@H]1CN(C(=O)c2cc(-c3ccc(C#N)cc3)nn2C)Cc2cnc([C@@](C)(O)C(F)(F)F)n21. The molecule has 1 aliphatic heterocycles. The summed E-state index contributed by atoms with van der Waals surface area (Å²) >= 11 is 0. The van der Waals surface area contributed by atoms with E-state index in [-0.39, 0.29) is 19.0 Å². The zero-order valence-electron chi connectivity index (χ0n) is 18.1. The van der Waals surface area contributed by atoms with Gasteiger partial charge in [-0.2, -0.15) is 23.5 Å². The predicted molar refractivity (Wildman–Crippen MR) is 111 cm³/mol. The highest BCUT2D eigenvalue weighted by Crippen LogP contribution is 2.40. The van der Waals surface area contributed by atoms with Gasteiger partial charge in [-0.3, -0.25) is 9.48 Å². The van der Waals surface area contributed by atoms with E-state index in [9.17, 15) is 23.1 Å². The Morgan fingerprint density at radius 2 is 1.94 bits per heavy atom. The van der Waals surface area contributed by atoms with Gasteiger partial charge in [0.25, 0.3) is 5.91 Å². The number of fused-ring (bicyclic) bond motifs is 1. The van der Waals surface area contributed by atoms with Crippen molar-refractivity contribution in [1.82, 2.24) is 24.2 Å². The number of benzene rings is 1. The molecule has 3 aromatic rings. The second-order valence-corrected chi connectivity index (χ2v) is 8.28. The molecule has 0 saturated heterocycles. The van der Waals surface area contributed by atoms with E-state index in [0.29, 0.717) is 29.6 Å². The number of hydrogen-bond donors (Lipinski definition) is 1. The molecule has 0 radical (unpaired) electrons. The third-order valence-corrected chi connectivity index (χ3v) is 5.84. The minimum atomic E-state index is -4.89. The van der Waals surface area contributed by atoms with Crippen molar-refractivity contribution in [3.8, 4) is 17.3 Å². The first-order chi connectivity index (χ1) is 15.4. The molecule has 0 unspecified atom stereocenters. The van der Waals surface area contributed by atoms with Gasteiger partial charge in [0.2, 0.25) is 5.60 Å². The Bertz CT molecular complexity index is 1250. The zero-order chi connectivity index (χ0) is 24.1. The van der Waals surface area contributed by atoms with Crippen molar-refractivity contribution in [3.05, 3.63) is 59.3 Å². The van der Waals surface area contributed by atoms with Gasteiger partial charge in [0.1, 0.15) is 5.69 Å². The lowest BCUT2D eigenvalue weighted by Gasteiger charge is -2.36. The van der Waals surface area contributed by atoms with E-state index in [4.69, 9.17) is 5.26 Å². The topological polar surface area (TPSA) is 100.0 Å². The summed E-state index contributed by atoms with van der Waals surface area (Å²) in [6.45, 7) is 2.53. The Labute approximate surface area is 187 Å². The molecule has 11 heteroatoms. The average Bonchev–Trinajstić information content (AvgIpc) is 3.37. The maximum atomic E-state index is 13.4. The maximum absolute atomic E-state index is 13.4. The van der Waals surface area contributed by atoms with Gasteiger partial charge in [0.05, 0.1) is 41.8 Å². The summed E-state index contributed by atoms with van der Waals surface area (Å²) in [5.41, 5.74) is -0.581. The minimum absolute atomic E-state index is 0.0431. The van der Waals surface area contributed by atoms with Crippen molar-refractivity contribution < 1.29 is 23.1 Å². The molecule has 4 rings (SSSR count). The van der Waals surface area contributed by atoms with Crippen LogP contribution in [0, 0.1) is 11.3 Å². The van der Waals surface area contributed by atoms with E-state index in [1.807, 2.05) is 6.07 Å². The first-order valence-electron chi connectivity index (χ1n) is 10.1. The van der Waals surface area contributed by atoms with Crippen molar-refractivity contribution >= 4 is 5.91 Å². The number of aliphatic hydroxyl groups is 1. The zero-order valence-corrected chi connectivity index (χ0v) is 18.1. The number of alkyl halides is 3. The molecule has 2 atom stereocenters. The lowest BCUT2D eigenvalue weighted by Crippen LogP contribution is -2.45. The Morgan fingerprint density at radius 1 is 1.27 bits per heavy atom. The lowest BCUT2D eigenvalue weighted by molar-refractivity contribution is -0.263. The van der Waals surface area contributed by atoms with Crippen molar-refractivity contribution in [2.75, 3.05) is 6.54 Å². The average molecular weight is 458 g/mol. The fraction of sp³-hybridized carbons (Fsp3) is 0.364. The highest BCUT2D eigenvalue weighted by atomic mass is 19.4. The second-order valence-electron chi connectivity index (χ2n) is 8.28. The Balaban J connectivity index is 1.61. The van der Waals surface area contributed by atoms with Crippen molar-refractivity contribution in [3.63, 3.8) is 0 Å². The quantitative estimate of drug-likeness (QED) is 0.650. The molecule has 172 valence electrons. The highest BCUT2D eigenvalue weighted by Gasteiger charge is 2.55. The molecule has 1 amide bonds. The van der Waals surface area contributed by atoms with Gasteiger partial charge in [-0.05, 0) is 32.0 Å². The second kappa shape index (κ2) is 7.74. The highest BCUT2D eigenvalue weighted by molar-refractivity contribution is 5.93. The van der Waals surface area contributed by atoms with Crippen LogP contribution in [0.3, 0.4) is 0 Å². The molecular formula is C22H21F3N6O2. The first-order valence-corrected chi connectivity index (χ1v) is 10.1. The fourth-order valence-electron chi connectivity index (χ4n) is 3.99. The van der Waals surface area contributed by atoms with Gasteiger partial charge >= 0.3 is 6.18 Å². The Kier molecular flexibility index (Phi) is 5.29. The minimum Gasteiger partial charge on any atom is -0.374 e. The molecule has 8 nitrogen and oxygen atoms in total. The summed E-state index contributed by atoms with van der Waals surface area (Å²) in [7, 11) is 1.64. The normalized spacial score (nSPS) is 17.9. The van der Waals surface area contributed by atoms with Gasteiger partial charge < -0.3 is 14.6 Å². The van der Waals surface area contributed by atoms with Crippen LogP contribution in [0.15, 0.2) is 36.5 Å². The van der Waals surface area contributed by atoms with Crippen molar-refractivity contribution in [2.24, 2.45) is 7.05 Å². The van der Waals surface area contributed by atoms with Crippen LogP contribution >= 0.6 is 0 Å². The summed E-state index contributed by atoms with van der Waals surface area (Å²) in [6.07, 6.45) is -3.63. The lowest BCUT2D eigenvalue weighted by atomic mass is 10.0. The van der Waals surface area contributed by atoms with Crippen LogP contribution in [-0.4, -0.2) is 48.0 Å².